The lowest BCUT2D eigenvalue weighted by Crippen LogP contribution is -3.15. The van der Waals surface area contributed by atoms with Gasteiger partial charge >= 0.3 is 19.6 Å². The number of nitrogens with zero attached hydrogens (tertiary/aromatic N) is 4. The van der Waals surface area contributed by atoms with Gasteiger partial charge in [0, 0.05) is 6.42 Å². The van der Waals surface area contributed by atoms with Gasteiger partial charge in [0.25, 0.3) is 0 Å². The van der Waals surface area contributed by atoms with Crippen molar-refractivity contribution in [2.75, 3.05) is 32.0 Å². The van der Waals surface area contributed by atoms with Crippen LogP contribution in [-0.2, 0) is 23.4 Å². The van der Waals surface area contributed by atoms with Crippen LogP contribution >= 0.6 is 7.75 Å². The number of hydrogen-bond donors (Lipinski definition) is 5. The molecule has 2 saturated heterocycles. The van der Waals surface area contributed by atoms with Crippen molar-refractivity contribution in [2.45, 2.75) is 62.2 Å². The standard InChI is InChI=1S/C28H34F2N7O8P.ClH/c1-3-36-12-11-21(28(29,30)14-36)43-26(40)17(2)35-46(41,45-18-7-5-4-6-8-18)42-15-27(13-31)24(39)22(38)23(44-27)19-9-10-20-25(32)33-16-34-37(19)20;/h4-10,16-17,21-24,38-39H,3,11-12,14-15H2,1-2H3,(H,35,41)(H2,32,33,34);1H/t17-,21?,22-,23-,24-,27+,46?;/m0./s1. The van der Waals surface area contributed by atoms with Gasteiger partial charge in [0.15, 0.2) is 11.9 Å². The smallest absolute Gasteiger partial charge is 0.459 e. The number of likely N-dealkylation sites (tertiary alicyclic amines) is 1. The zero-order chi connectivity index (χ0) is 33.3. The number of fused-ring (bicyclic) bond motifs is 1. The van der Waals surface area contributed by atoms with Crippen LogP contribution in [0, 0.1) is 11.3 Å². The Hall–Kier alpha value is -3.46. The van der Waals surface area contributed by atoms with E-state index in [1.807, 2.05) is 0 Å². The average Bonchev–Trinajstić information content (AvgIpc) is 3.57. The first kappa shape index (κ1) is 36.4. The van der Waals surface area contributed by atoms with Crippen LogP contribution in [0.2, 0.25) is 0 Å². The minimum Gasteiger partial charge on any atom is -1.00 e. The molecule has 0 amide bonds. The van der Waals surface area contributed by atoms with E-state index in [1.165, 1.54) is 36.0 Å². The van der Waals surface area contributed by atoms with Crippen LogP contribution in [-0.4, -0.2) is 92.9 Å². The number of quaternary nitrogens is 1. The molecule has 3 unspecified atom stereocenters. The molecule has 0 radical (unpaired) electrons. The molecule has 5 rings (SSSR count). The number of esters is 1. The normalized spacial score (nSPS) is 28.8. The number of nitrogens with one attached hydrogen (secondary N) is 2. The van der Waals surface area contributed by atoms with E-state index in [0.717, 1.165) is 0 Å². The molecule has 2 aliphatic heterocycles. The molecule has 3 aromatic rings. The molecule has 15 nitrogen and oxygen atoms in total. The van der Waals surface area contributed by atoms with Gasteiger partial charge in [-0.3, -0.25) is 9.32 Å². The highest BCUT2D eigenvalue weighted by Crippen LogP contribution is 2.48. The molecule has 6 N–H and O–H groups in total. The Bertz CT molecular complexity index is 1650. The average molecular weight is 702 g/mol. The zero-order valence-electron chi connectivity index (χ0n) is 25.3. The fourth-order valence-corrected chi connectivity index (χ4v) is 6.95. The number of aliphatic hydroxyl groups excluding tert-OH is 2. The quantitative estimate of drug-likeness (QED) is 0.103. The number of halogens is 3. The Labute approximate surface area is 274 Å². The van der Waals surface area contributed by atoms with Crippen LogP contribution in [0.4, 0.5) is 14.6 Å². The number of anilines is 1. The van der Waals surface area contributed by atoms with Crippen molar-refractivity contribution in [3.8, 4) is 11.8 Å². The van der Waals surface area contributed by atoms with Crippen molar-refractivity contribution in [1.29, 1.82) is 5.26 Å². The number of rotatable bonds is 11. The van der Waals surface area contributed by atoms with E-state index in [-0.39, 0.29) is 36.1 Å². The molecule has 0 saturated carbocycles. The van der Waals surface area contributed by atoms with Crippen molar-refractivity contribution in [3.63, 3.8) is 0 Å². The van der Waals surface area contributed by atoms with Gasteiger partial charge in [-0.15, -0.1) is 0 Å². The maximum absolute atomic E-state index is 14.7. The maximum atomic E-state index is 14.7. The van der Waals surface area contributed by atoms with Crippen molar-refractivity contribution in [3.05, 3.63) is 54.5 Å². The molecule has 2 aromatic heterocycles. The van der Waals surface area contributed by atoms with E-state index in [4.69, 9.17) is 24.3 Å². The van der Waals surface area contributed by atoms with Crippen LogP contribution in [0.3, 0.4) is 0 Å². The predicted octanol–water partition coefficient (Wildman–Crippen LogP) is -2.59. The molecular weight excluding hydrogens is 667 g/mol. The van der Waals surface area contributed by atoms with Gasteiger partial charge in [-0.1, -0.05) is 18.2 Å². The number of ether oxygens (including phenoxy) is 2. The highest BCUT2D eigenvalue weighted by Gasteiger charge is 2.57. The molecule has 19 heteroatoms. The Kier molecular flexibility index (Phi) is 11.1. The number of para-hydroxylation sites is 1. The number of carbonyl (C=O) groups excluding carboxylic acids is 1. The first-order valence-electron chi connectivity index (χ1n) is 14.5. The monoisotopic (exact) mass is 701 g/mol. The third kappa shape index (κ3) is 7.50. The number of piperidine rings is 1. The SMILES string of the molecule is CC[NH+]1CCC(OC(=O)[C@H](C)NP(=O)(OC[C@@]2(C#N)O[C@@H](c3ccc4c(N)ncnn34)[C@H](O)[C@@H]2O)Oc2ccccc2)C(F)(F)C1.[Cl-]. The summed E-state index contributed by atoms with van der Waals surface area (Å²) in [5, 5.41) is 38.5. The number of hydrogen-bond acceptors (Lipinski definition) is 12. The van der Waals surface area contributed by atoms with Gasteiger partial charge in [0.1, 0.15) is 61.2 Å². The summed E-state index contributed by atoms with van der Waals surface area (Å²) in [5.74, 6) is -4.23. The number of aliphatic hydroxyl groups is 2. The van der Waals surface area contributed by atoms with Gasteiger partial charge in [-0.05, 0) is 38.1 Å². The van der Waals surface area contributed by atoms with Gasteiger partial charge in [0.05, 0.1) is 18.8 Å². The van der Waals surface area contributed by atoms with E-state index in [1.54, 1.807) is 37.3 Å². The fourth-order valence-electron chi connectivity index (χ4n) is 5.43. The number of nitriles is 1. The summed E-state index contributed by atoms with van der Waals surface area (Å²) >= 11 is 0. The molecule has 4 heterocycles. The first-order valence-corrected chi connectivity index (χ1v) is 16.1. The summed E-state index contributed by atoms with van der Waals surface area (Å²) in [6.45, 7) is 2.48. The van der Waals surface area contributed by atoms with Crippen molar-refractivity contribution < 1.29 is 64.2 Å². The molecule has 0 aliphatic carbocycles. The van der Waals surface area contributed by atoms with Gasteiger partial charge < -0.3 is 47.3 Å². The summed E-state index contributed by atoms with van der Waals surface area (Å²) in [7, 11) is -4.64. The minimum atomic E-state index is -4.64. The van der Waals surface area contributed by atoms with E-state index in [9.17, 15) is 33.6 Å². The summed E-state index contributed by atoms with van der Waals surface area (Å²) in [6.07, 6.45) is -5.43. The highest BCUT2D eigenvalue weighted by atomic mass is 35.5. The van der Waals surface area contributed by atoms with E-state index < -0.39 is 68.8 Å². The lowest BCUT2D eigenvalue weighted by Gasteiger charge is -2.35. The molecule has 1 aromatic carbocycles. The van der Waals surface area contributed by atoms with Crippen LogP contribution in [0.25, 0.3) is 5.52 Å². The fraction of sp³-hybridized carbons (Fsp3) is 0.500. The highest BCUT2D eigenvalue weighted by molar-refractivity contribution is 7.52. The molecule has 8 atom stereocenters. The number of nitrogens with two attached hydrogens (primary N) is 1. The number of carbonyl (C=O) groups is 1. The molecule has 256 valence electrons. The van der Waals surface area contributed by atoms with Crippen LogP contribution in [0.1, 0.15) is 32.1 Å². The largest absolute Gasteiger partial charge is 1.00 e. The first-order chi connectivity index (χ1) is 21.8. The summed E-state index contributed by atoms with van der Waals surface area (Å²) < 4.78 is 67.0. The second-order valence-electron chi connectivity index (χ2n) is 11.2. The summed E-state index contributed by atoms with van der Waals surface area (Å²) in [6, 6.07) is 11.1. The van der Waals surface area contributed by atoms with E-state index >= 15 is 0 Å². The summed E-state index contributed by atoms with van der Waals surface area (Å²) in [4.78, 5) is 17.5. The third-order valence-corrected chi connectivity index (χ3v) is 9.66. The van der Waals surface area contributed by atoms with Gasteiger partial charge in [-0.25, -0.2) is 14.1 Å². The number of aromatic nitrogens is 3. The number of nitrogen functional groups attached to an aromatic ring is 1. The van der Waals surface area contributed by atoms with Gasteiger partial charge in [-0.2, -0.15) is 24.2 Å². The van der Waals surface area contributed by atoms with Crippen molar-refractivity contribution in [2.24, 2.45) is 0 Å². The van der Waals surface area contributed by atoms with Crippen LogP contribution in [0.15, 0.2) is 48.8 Å². The number of benzene rings is 1. The van der Waals surface area contributed by atoms with Crippen LogP contribution < -0.4 is 32.7 Å². The topological polar surface area (TPSA) is 208 Å². The van der Waals surface area contributed by atoms with Crippen LogP contribution in [0.5, 0.6) is 5.75 Å². The van der Waals surface area contributed by atoms with Crippen molar-refractivity contribution in [1.82, 2.24) is 19.7 Å². The zero-order valence-corrected chi connectivity index (χ0v) is 27.0. The van der Waals surface area contributed by atoms with E-state index in [0.29, 0.717) is 23.5 Å². The minimum absolute atomic E-state index is 0. The number of alkyl halides is 2. The Morgan fingerprint density at radius 3 is 2.70 bits per heavy atom. The van der Waals surface area contributed by atoms with E-state index in [2.05, 4.69) is 15.2 Å². The Morgan fingerprint density at radius 2 is 2.04 bits per heavy atom. The Balaban J connectivity index is 0.00000500. The molecule has 2 aliphatic rings. The lowest BCUT2D eigenvalue weighted by atomic mass is 9.96. The summed E-state index contributed by atoms with van der Waals surface area (Å²) in [5.41, 5.74) is 4.21. The second kappa shape index (κ2) is 14.3. The Morgan fingerprint density at radius 1 is 1.32 bits per heavy atom. The lowest BCUT2D eigenvalue weighted by molar-refractivity contribution is -0.913. The third-order valence-electron chi connectivity index (χ3n) is 8.04. The molecule has 0 bridgehead atoms. The molecule has 0 spiro atoms. The second-order valence-corrected chi connectivity index (χ2v) is 12.9. The molecule has 2 fully saturated rings. The molecule has 47 heavy (non-hydrogen) atoms. The van der Waals surface area contributed by atoms with Gasteiger partial charge in [0.2, 0.25) is 5.60 Å². The predicted molar refractivity (Wildman–Crippen MR) is 155 cm³/mol. The maximum Gasteiger partial charge on any atom is 0.459 e. The molecular formula is C28H35ClF2N7O8P. The van der Waals surface area contributed by atoms with Crippen molar-refractivity contribution >= 4 is 25.1 Å².